The third kappa shape index (κ3) is 3.79. The molecule has 1 heterocycles. The number of halogens is 1. The van der Waals surface area contributed by atoms with E-state index in [1.807, 2.05) is 31.3 Å². The molecule has 100 valence electrons. The lowest BCUT2D eigenvalue weighted by atomic mass is 10.0. The summed E-state index contributed by atoms with van der Waals surface area (Å²) in [7, 11) is 0. The number of pyridine rings is 1. The zero-order chi connectivity index (χ0) is 13.7. The predicted molar refractivity (Wildman–Crippen MR) is 81.4 cm³/mol. The van der Waals surface area contributed by atoms with Crippen molar-refractivity contribution in [2.75, 3.05) is 6.54 Å². The van der Waals surface area contributed by atoms with Crippen LogP contribution in [-0.2, 0) is 6.54 Å². The number of aromatic nitrogens is 1. The molecule has 0 aliphatic rings. The van der Waals surface area contributed by atoms with Crippen molar-refractivity contribution in [3.8, 4) is 11.1 Å². The molecule has 0 bridgehead atoms. The Morgan fingerprint density at radius 1 is 1.21 bits per heavy atom. The van der Waals surface area contributed by atoms with E-state index in [0.29, 0.717) is 0 Å². The standard InChI is InChI=1S/C16H19ClN2/c1-3-8-18-10-13-6-7-15(17)9-16(13)14-5-4-12(2)19-11-14/h4-7,9,11,18H,3,8,10H2,1-2H3. The summed E-state index contributed by atoms with van der Waals surface area (Å²) >= 11 is 6.12. The molecule has 1 aromatic heterocycles. The minimum absolute atomic E-state index is 0.759. The number of benzene rings is 1. The highest BCUT2D eigenvalue weighted by Crippen LogP contribution is 2.26. The van der Waals surface area contributed by atoms with Crippen LogP contribution in [0.5, 0.6) is 0 Å². The fraction of sp³-hybridized carbons (Fsp3) is 0.312. The zero-order valence-corrected chi connectivity index (χ0v) is 12.2. The van der Waals surface area contributed by atoms with Crippen molar-refractivity contribution in [2.45, 2.75) is 26.8 Å². The summed E-state index contributed by atoms with van der Waals surface area (Å²) in [4.78, 5) is 4.36. The molecular weight excluding hydrogens is 256 g/mol. The second-order valence-corrected chi connectivity index (χ2v) is 5.10. The highest BCUT2D eigenvalue weighted by atomic mass is 35.5. The Labute approximate surface area is 119 Å². The Bertz CT molecular complexity index is 535. The molecule has 0 fully saturated rings. The van der Waals surface area contributed by atoms with Gasteiger partial charge in [0.1, 0.15) is 0 Å². The SMILES string of the molecule is CCCNCc1ccc(Cl)cc1-c1ccc(C)nc1. The van der Waals surface area contributed by atoms with Gasteiger partial charge >= 0.3 is 0 Å². The van der Waals surface area contributed by atoms with Crippen molar-refractivity contribution < 1.29 is 0 Å². The molecule has 0 amide bonds. The van der Waals surface area contributed by atoms with Crippen LogP contribution in [0, 0.1) is 6.92 Å². The molecular formula is C16H19ClN2. The number of aryl methyl sites for hydroxylation is 1. The maximum absolute atomic E-state index is 6.12. The lowest BCUT2D eigenvalue weighted by Crippen LogP contribution is -2.14. The monoisotopic (exact) mass is 274 g/mol. The van der Waals surface area contributed by atoms with Gasteiger partial charge in [-0.3, -0.25) is 4.98 Å². The van der Waals surface area contributed by atoms with Crippen molar-refractivity contribution in [1.29, 1.82) is 0 Å². The Morgan fingerprint density at radius 3 is 2.74 bits per heavy atom. The van der Waals surface area contributed by atoms with E-state index in [2.05, 4.69) is 29.4 Å². The van der Waals surface area contributed by atoms with Crippen molar-refractivity contribution in [3.05, 3.63) is 52.8 Å². The molecule has 0 spiro atoms. The first kappa shape index (κ1) is 14.0. The molecule has 1 N–H and O–H groups in total. The molecule has 0 radical (unpaired) electrons. The Morgan fingerprint density at radius 2 is 2.05 bits per heavy atom. The van der Waals surface area contributed by atoms with Gasteiger partial charge in [0.2, 0.25) is 0 Å². The first-order valence-electron chi connectivity index (χ1n) is 6.63. The van der Waals surface area contributed by atoms with Gasteiger partial charge in [0, 0.05) is 29.0 Å². The van der Waals surface area contributed by atoms with Gasteiger partial charge < -0.3 is 5.32 Å². The zero-order valence-electron chi connectivity index (χ0n) is 11.4. The summed E-state index contributed by atoms with van der Waals surface area (Å²) in [5.74, 6) is 0. The van der Waals surface area contributed by atoms with E-state index in [-0.39, 0.29) is 0 Å². The van der Waals surface area contributed by atoms with Gasteiger partial charge in [0.25, 0.3) is 0 Å². The van der Waals surface area contributed by atoms with Gasteiger partial charge in [0.15, 0.2) is 0 Å². The van der Waals surface area contributed by atoms with E-state index in [0.717, 1.165) is 41.4 Å². The first-order valence-corrected chi connectivity index (χ1v) is 7.00. The molecule has 0 aliphatic heterocycles. The Kier molecular flexibility index (Phi) is 4.94. The topological polar surface area (TPSA) is 24.9 Å². The third-order valence-electron chi connectivity index (χ3n) is 3.04. The van der Waals surface area contributed by atoms with Crippen LogP contribution in [0.25, 0.3) is 11.1 Å². The van der Waals surface area contributed by atoms with Gasteiger partial charge in [-0.05, 0) is 49.2 Å². The Balaban J connectivity index is 2.31. The fourth-order valence-corrected chi connectivity index (χ4v) is 2.17. The van der Waals surface area contributed by atoms with Crippen LogP contribution >= 0.6 is 11.6 Å². The van der Waals surface area contributed by atoms with E-state index >= 15 is 0 Å². The molecule has 1 aromatic carbocycles. The van der Waals surface area contributed by atoms with E-state index in [9.17, 15) is 0 Å². The van der Waals surface area contributed by atoms with E-state index in [1.54, 1.807) is 0 Å². The van der Waals surface area contributed by atoms with Crippen LogP contribution in [0.2, 0.25) is 5.02 Å². The van der Waals surface area contributed by atoms with E-state index in [1.165, 1.54) is 5.56 Å². The van der Waals surface area contributed by atoms with Gasteiger partial charge in [-0.2, -0.15) is 0 Å². The largest absolute Gasteiger partial charge is 0.313 e. The van der Waals surface area contributed by atoms with Crippen molar-refractivity contribution in [1.82, 2.24) is 10.3 Å². The normalized spacial score (nSPS) is 10.7. The molecule has 0 unspecified atom stereocenters. The smallest absolute Gasteiger partial charge is 0.0412 e. The van der Waals surface area contributed by atoms with Crippen LogP contribution in [0.4, 0.5) is 0 Å². The quantitative estimate of drug-likeness (QED) is 0.826. The molecule has 0 saturated carbocycles. The molecule has 2 nitrogen and oxygen atoms in total. The van der Waals surface area contributed by atoms with Crippen LogP contribution in [-0.4, -0.2) is 11.5 Å². The van der Waals surface area contributed by atoms with Gasteiger partial charge in [-0.25, -0.2) is 0 Å². The lowest BCUT2D eigenvalue weighted by Gasteiger charge is -2.11. The van der Waals surface area contributed by atoms with Crippen LogP contribution in [0.15, 0.2) is 36.5 Å². The third-order valence-corrected chi connectivity index (χ3v) is 3.27. The van der Waals surface area contributed by atoms with Crippen molar-refractivity contribution in [2.24, 2.45) is 0 Å². The maximum Gasteiger partial charge on any atom is 0.0412 e. The van der Waals surface area contributed by atoms with Gasteiger partial charge in [-0.15, -0.1) is 0 Å². The second-order valence-electron chi connectivity index (χ2n) is 4.67. The molecule has 19 heavy (non-hydrogen) atoms. The van der Waals surface area contributed by atoms with Crippen LogP contribution in [0.3, 0.4) is 0 Å². The number of nitrogens with one attached hydrogen (secondary N) is 1. The molecule has 2 aromatic rings. The molecule has 0 saturated heterocycles. The summed E-state index contributed by atoms with van der Waals surface area (Å²) < 4.78 is 0. The molecule has 3 heteroatoms. The summed E-state index contributed by atoms with van der Waals surface area (Å²) in [6.07, 6.45) is 3.04. The van der Waals surface area contributed by atoms with Crippen molar-refractivity contribution >= 4 is 11.6 Å². The summed E-state index contributed by atoms with van der Waals surface area (Å²) in [6.45, 7) is 6.04. The van der Waals surface area contributed by atoms with Crippen LogP contribution < -0.4 is 5.32 Å². The van der Waals surface area contributed by atoms with Gasteiger partial charge in [-0.1, -0.05) is 30.7 Å². The first-order chi connectivity index (χ1) is 9.20. The van der Waals surface area contributed by atoms with Crippen LogP contribution in [0.1, 0.15) is 24.6 Å². The minimum Gasteiger partial charge on any atom is -0.313 e. The number of nitrogens with zero attached hydrogens (tertiary/aromatic N) is 1. The average molecular weight is 275 g/mol. The van der Waals surface area contributed by atoms with Crippen molar-refractivity contribution in [3.63, 3.8) is 0 Å². The maximum atomic E-state index is 6.12. The predicted octanol–water partition coefficient (Wildman–Crippen LogP) is 4.21. The number of rotatable bonds is 5. The minimum atomic E-state index is 0.759. The number of hydrogen-bond acceptors (Lipinski definition) is 2. The molecule has 0 aliphatic carbocycles. The fourth-order valence-electron chi connectivity index (χ4n) is 2.00. The summed E-state index contributed by atoms with van der Waals surface area (Å²) in [5, 5.41) is 4.19. The van der Waals surface area contributed by atoms with Gasteiger partial charge in [0.05, 0.1) is 0 Å². The second kappa shape index (κ2) is 6.69. The summed E-state index contributed by atoms with van der Waals surface area (Å²) in [6, 6.07) is 10.2. The summed E-state index contributed by atoms with van der Waals surface area (Å²) in [5.41, 5.74) is 4.55. The number of hydrogen-bond donors (Lipinski definition) is 1. The Hall–Kier alpha value is -1.38. The molecule has 2 rings (SSSR count). The molecule has 0 atom stereocenters. The highest BCUT2D eigenvalue weighted by Gasteiger charge is 2.06. The lowest BCUT2D eigenvalue weighted by molar-refractivity contribution is 0.676. The van der Waals surface area contributed by atoms with E-state index < -0.39 is 0 Å². The highest BCUT2D eigenvalue weighted by molar-refractivity contribution is 6.30. The average Bonchev–Trinajstić information content (AvgIpc) is 2.41. The van der Waals surface area contributed by atoms with E-state index in [4.69, 9.17) is 11.6 Å².